The lowest BCUT2D eigenvalue weighted by molar-refractivity contribution is -0.123. The second-order valence-corrected chi connectivity index (χ2v) is 7.87. The molecule has 5 nitrogen and oxygen atoms in total. The number of amides is 2. The van der Waals surface area contributed by atoms with Crippen LogP contribution in [-0.2, 0) is 9.59 Å². The first kappa shape index (κ1) is 21.8. The molecule has 0 aliphatic heterocycles. The van der Waals surface area contributed by atoms with Gasteiger partial charge < -0.3 is 15.4 Å². The van der Waals surface area contributed by atoms with E-state index < -0.39 is 6.04 Å². The Balaban J connectivity index is 1.75. The van der Waals surface area contributed by atoms with Crippen LogP contribution in [0, 0.1) is 11.7 Å². The average molecular weight is 413 g/mol. The number of hydrogen-bond acceptors (Lipinski definition) is 3. The highest BCUT2D eigenvalue weighted by Crippen LogP contribution is 2.36. The Morgan fingerprint density at radius 3 is 2.17 bits per heavy atom. The van der Waals surface area contributed by atoms with Gasteiger partial charge in [0.2, 0.25) is 11.8 Å². The number of carbonyl (C=O) groups is 2. The van der Waals surface area contributed by atoms with E-state index in [-0.39, 0.29) is 30.1 Å². The largest absolute Gasteiger partial charge is 0.497 e. The molecule has 2 aromatic rings. The molecule has 0 saturated heterocycles. The van der Waals surface area contributed by atoms with Gasteiger partial charge in [-0.15, -0.1) is 0 Å². The summed E-state index contributed by atoms with van der Waals surface area (Å²) in [5.74, 6) is 0.405. The second kappa shape index (κ2) is 10.2. The molecule has 2 unspecified atom stereocenters. The van der Waals surface area contributed by atoms with Crippen molar-refractivity contribution < 1.29 is 18.7 Å². The number of hydrogen-bond donors (Lipinski definition) is 2. The molecule has 0 aromatic heterocycles. The normalized spacial score (nSPS) is 16.0. The molecular formula is C24H29FN2O3. The van der Waals surface area contributed by atoms with Crippen molar-refractivity contribution in [2.45, 2.75) is 51.1 Å². The zero-order chi connectivity index (χ0) is 21.5. The van der Waals surface area contributed by atoms with Crippen LogP contribution < -0.4 is 15.4 Å². The lowest BCUT2D eigenvalue weighted by Crippen LogP contribution is -2.36. The van der Waals surface area contributed by atoms with Gasteiger partial charge in [-0.05, 0) is 54.2 Å². The molecule has 2 amide bonds. The Morgan fingerprint density at radius 1 is 1.00 bits per heavy atom. The van der Waals surface area contributed by atoms with E-state index in [1.165, 1.54) is 19.1 Å². The molecule has 1 saturated carbocycles. The third-order valence-corrected chi connectivity index (χ3v) is 5.70. The average Bonchev–Trinajstić information content (AvgIpc) is 3.27. The van der Waals surface area contributed by atoms with Crippen molar-refractivity contribution in [2.24, 2.45) is 5.92 Å². The fraction of sp³-hybridized carbons (Fsp3) is 0.417. The summed E-state index contributed by atoms with van der Waals surface area (Å²) in [5, 5.41) is 6.02. The SMILES string of the molecule is COc1ccc(C(CC(=O)NC(c2ccc(F)cc2)C2CCCC2)NC(C)=O)cc1. The highest BCUT2D eigenvalue weighted by Gasteiger charge is 2.28. The van der Waals surface area contributed by atoms with Crippen molar-refractivity contribution in [3.8, 4) is 5.75 Å². The van der Waals surface area contributed by atoms with E-state index in [2.05, 4.69) is 10.6 Å². The minimum atomic E-state index is -0.439. The molecule has 6 heteroatoms. The summed E-state index contributed by atoms with van der Waals surface area (Å²) in [6.45, 7) is 1.44. The van der Waals surface area contributed by atoms with Gasteiger partial charge in [-0.3, -0.25) is 9.59 Å². The van der Waals surface area contributed by atoms with Crippen molar-refractivity contribution >= 4 is 11.8 Å². The van der Waals surface area contributed by atoms with Crippen LogP contribution in [0.3, 0.4) is 0 Å². The van der Waals surface area contributed by atoms with Gasteiger partial charge in [0.15, 0.2) is 0 Å². The number of nitrogens with one attached hydrogen (secondary N) is 2. The van der Waals surface area contributed by atoms with Crippen molar-refractivity contribution in [3.63, 3.8) is 0 Å². The monoisotopic (exact) mass is 412 g/mol. The third-order valence-electron chi connectivity index (χ3n) is 5.70. The Labute approximate surface area is 177 Å². The molecule has 30 heavy (non-hydrogen) atoms. The zero-order valence-electron chi connectivity index (χ0n) is 17.5. The van der Waals surface area contributed by atoms with Gasteiger partial charge in [-0.2, -0.15) is 0 Å². The van der Waals surface area contributed by atoms with E-state index in [1.54, 1.807) is 19.2 Å². The predicted molar refractivity (Wildman–Crippen MR) is 113 cm³/mol. The summed E-state index contributed by atoms with van der Waals surface area (Å²) < 4.78 is 18.6. The van der Waals surface area contributed by atoms with Crippen LogP contribution >= 0.6 is 0 Å². The number of rotatable bonds is 8. The predicted octanol–water partition coefficient (Wildman–Crippen LogP) is 4.45. The maximum atomic E-state index is 13.4. The molecule has 0 radical (unpaired) electrons. The molecule has 1 aliphatic carbocycles. The summed E-state index contributed by atoms with van der Waals surface area (Å²) in [6, 6.07) is 13.1. The van der Waals surface area contributed by atoms with E-state index in [4.69, 9.17) is 4.74 Å². The topological polar surface area (TPSA) is 67.4 Å². The Morgan fingerprint density at radius 2 is 1.60 bits per heavy atom. The first-order chi connectivity index (χ1) is 14.5. The minimum Gasteiger partial charge on any atom is -0.497 e. The van der Waals surface area contributed by atoms with Crippen LogP contribution in [-0.4, -0.2) is 18.9 Å². The van der Waals surface area contributed by atoms with Crippen molar-refractivity contribution in [3.05, 3.63) is 65.5 Å². The number of methoxy groups -OCH3 is 1. The number of carbonyl (C=O) groups excluding carboxylic acids is 2. The lowest BCUT2D eigenvalue weighted by Gasteiger charge is -2.27. The summed E-state index contributed by atoms with van der Waals surface area (Å²) in [5.41, 5.74) is 1.75. The molecule has 0 heterocycles. The molecule has 1 aliphatic rings. The highest BCUT2D eigenvalue weighted by atomic mass is 19.1. The number of benzene rings is 2. The van der Waals surface area contributed by atoms with Crippen molar-refractivity contribution in [2.75, 3.05) is 7.11 Å². The number of halogens is 1. The van der Waals surface area contributed by atoms with Crippen LogP contribution in [0.2, 0.25) is 0 Å². The standard InChI is InChI=1S/C24H29FN2O3/c1-16(28)26-22(17-9-13-21(30-2)14-10-17)15-23(29)27-24(18-5-3-4-6-18)19-7-11-20(25)12-8-19/h7-14,18,22,24H,3-6,15H2,1-2H3,(H,26,28)(H,27,29). The maximum absolute atomic E-state index is 13.4. The molecule has 2 atom stereocenters. The summed E-state index contributed by atoms with van der Waals surface area (Å²) in [6.07, 6.45) is 4.47. The maximum Gasteiger partial charge on any atom is 0.222 e. The first-order valence-corrected chi connectivity index (χ1v) is 10.4. The van der Waals surface area contributed by atoms with Gasteiger partial charge in [-0.1, -0.05) is 37.1 Å². The van der Waals surface area contributed by atoms with E-state index in [1.807, 2.05) is 24.3 Å². The summed E-state index contributed by atoms with van der Waals surface area (Å²) in [7, 11) is 1.59. The van der Waals surface area contributed by atoms with Crippen LogP contribution in [0.5, 0.6) is 5.75 Å². The molecule has 2 N–H and O–H groups in total. The van der Waals surface area contributed by atoms with Crippen LogP contribution in [0.4, 0.5) is 4.39 Å². The van der Waals surface area contributed by atoms with Gasteiger partial charge in [0, 0.05) is 6.92 Å². The van der Waals surface area contributed by atoms with E-state index in [0.717, 1.165) is 36.8 Å². The lowest BCUT2D eigenvalue weighted by atomic mass is 9.91. The quantitative estimate of drug-likeness (QED) is 0.673. The van der Waals surface area contributed by atoms with Crippen LogP contribution in [0.15, 0.2) is 48.5 Å². The fourth-order valence-electron chi connectivity index (χ4n) is 4.19. The van der Waals surface area contributed by atoms with E-state index in [0.29, 0.717) is 11.7 Å². The van der Waals surface area contributed by atoms with Crippen LogP contribution in [0.1, 0.15) is 62.2 Å². The molecule has 2 aromatic carbocycles. The van der Waals surface area contributed by atoms with Crippen molar-refractivity contribution in [1.82, 2.24) is 10.6 Å². The van der Waals surface area contributed by atoms with Gasteiger partial charge >= 0.3 is 0 Å². The molecule has 0 bridgehead atoms. The fourth-order valence-corrected chi connectivity index (χ4v) is 4.19. The van der Waals surface area contributed by atoms with Gasteiger partial charge in [0.1, 0.15) is 11.6 Å². The van der Waals surface area contributed by atoms with E-state index in [9.17, 15) is 14.0 Å². The summed E-state index contributed by atoms with van der Waals surface area (Å²) in [4.78, 5) is 24.7. The molecule has 3 rings (SSSR count). The smallest absolute Gasteiger partial charge is 0.222 e. The first-order valence-electron chi connectivity index (χ1n) is 10.4. The third kappa shape index (κ3) is 5.81. The Kier molecular flexibility index (Phi) is 7.44. The van der Waals surface area contributed by atoms with Crippen LogP contribution in [0.25, 0.3) is 0 Å². The molecule has 160 valence electrons. The van der Waals surface area contributed by atoms with Gasteiger partial charge in [0.25, 0.3) is 0 Å². The highest BCUT2D eigenvalue weighted by molar-refractivity contribution is 5.79. The van der Waals surface area contributed by atoms with E-state index >= 15 is 0 Å². The zero-order valence-corrected chi connectivity index (χ0v) is 17.5. The molecule has 0 spiro atoms. The van der Waals surface area contributed by atoms with Gasteiger partial charge in [-0.25, -0.2) is 4.39 Å². The molecule has 1 fully saturated rings. The Bertz CT molecular complexity index is 846. The minimum absolute atomic E-state index is 0.121. The Hall–Kier alpha value is -2.89. The van der Waals surface area contributed by atoms with Gasteiger partial charge in [0.05, 0.1) is 25.6 Å². The van der Waals surface area contributed by atoms with Crippen molar-refractivity contribution in [1.29, 1.82) is 0 Å². The summed E-state index contributed by atoms with van der Waals surface area (Å²) >= 11 is 0. The number of ether oxygens (including phenoxy) is 1. The second-order valence-electron chi connectivity index (χ2n) is 7.87. The molecular weight excluding hydrogens is 383 g/mol.